The van der Waals surface area contributed by atoms with Crippen LogP contribution in [0, 0.1) is 0 Å². The first-order valence-corrected chi connectivity index (χ1v) is 14.2. The quantitative estimate of drug-likeness (QED) is 0.266. The van der Waals surface area contributed by atoms with Gasteiger partial charge in [0.05, 0.1) is 31.9 Å². The molecule has 0 unspecified atom stereocenters. The molecule has 0 aliphatic heterocycles. The number of methoxy groups -OCH3 is 2. The van der Waals surface area contributed by atoms with Gasteiger partial charge in [0.15, 0.2) is 11.5 Å². The number of rotatable bonds is 11. The summed E-state index contributed by atoms with van der Waals surface area (Å²) in [5.41, 5.74) is 3.19. The van der Waals surface area contributed by atoms with Gasteiger partial charge in [-0.15, -0.1) is 0 Å². The van der Waals surface area contributed by atoms with Crippen LogP contribution in [0.5, 0.6) is 23.0 Å². The smallest absolute Gasteiger partial charge is 0.255 e. The van der Waals surface area contributed by atoms with Gasteiger partial charge in [0, 0.05) is 12.1 Å². The SMILES string of the molecule is COc1ccc(S(=O)(=O)N(CC(=O)N/N=C\c2cccc(Oc3ccccc3)c2)C2CCCCC2)cc1OC. The highest BCUT2D eigenvalue weighted by atomic mass is 32.2. The number of ether oxygens (including phenoxy) is 3. The lowest BCUT2D eigenvalue weighted by molar-refractivity contribution is -0.121. The molecule has 1 aliphatic carbocycles. The van der Waals surface area contributed by atoms with Crippen LogP contribution in [0.2, 0.25) is 0 Å². The molecule has 1 N–H and O–H groups in total. The second kappa shape index (κ2) is 13.3. The van der Waals surface area contributed by atoms with E-state index in [9.17, 15) is 13.2 Å². The summed E-state index contributed by atoms with van der Waals surface area (Å²) in [6, 6.07) is 20.8. The molecule has 0 saturated heterocycles. The Balaban J connectivity index is 1.47. The van der Waals surface area contributed by atoms with Crippen LogP contribution in [-0.4, -0.2) is 51.7 Å². The first kappa shape index (κ1) is 28.1. The van der Waals surface area contributed by atoms with Crippen molar-refractivity contribution in [1.29, 1.82) is 0 Å². The Morgan fingerprint density at radius 3 is 2.36 bits per heavy atom. The number of sulfonamides is 1. The van der Waals surface area contributed by atoms with Crippen molar-refractivity contribution < 1.29 is 27.4 Å². The molecule has 39 heavy (non-hydrogen) atoms. The fourth-order valence-corrected chi connectivity index (χ4v) is 6.19. The van der Waals surface area contributed by atoms with Gasteiger partial charge in [-0.25, -0.2) is 13.8 Å². The van der Waals surface area contributed by atoms with Crippen LogP contribution in [0.25, 0.3) is 0 Å². The van der Waals surface area contributed by atoms with Crippen molar-refractivity contribution in [3.05, 3.63) is 78.4 Å². The zero-order valence-electron chi connectivity index (χ0n) is 22.1. The number of hydrogen-bond acceptors (Lipinski definition) is 7. The Hall–Kier alpha value is -3.89. The van der Waals surface area contributed by atoms with Crippen molar-refractivity contribution >= 4 is 22.1 Å². The molecule has 0 bridgehead atoms. The second-order valence-corrected chi connectivity index (χ2v) is 11.0. The highest BCUT2D eigenvalue weighted by molar-refractivity contribution is 7.89. The van der Waals surface area contributed by atoms with Crippen LogP contribution in [0.4, 0.5) is 0 Å². The fraction of sp³-hybridized carbons (Fsp3) is 0.310. The fourth-order valence-electron chi connectivity index (χ4n) is 4.53. The molecule has 0 heterocycles. The number of para-hydroxylation sites is 1. The molecule has 10 heteroatoms. The van der Waals surface area contributed by atoms with Crippen molar-refractivity contribution in [2.75, 3.05) is 20.8 Å². The van der Waals surface area contributed by atoms with Crippen LogP contribution >= 0.6 is 0 Å². The van der Waals surface area contributed by atoms with Gasteiger partial charge >= 0.3 is 0 Å². The number of nitrogens with zero attached hydrogens (tertiary/aromatic N) is 2. The summed E-state index contributed by atoms with van der Waals surface area (Å²) in [6.07, 6.45) is 5.73. The highest BCUT2D eigenvalue weighted by Gasteiger charge is 2.34. The van der Waals surface area contributed by atoms with Crippen LogP contribution < -0.4 is 19.6 Å². The summed E-state index contributed by atoms with van der Waals surface area (Å²) in [5, 5.41) is 4.05. The molecule has 1 amide bonds. The average molecular weight is 552 g/mol. The summed E-state index contributed by atoms with van der Waals surface area (Å²) < 4.78 is 45.1. The highest BCUT2D eigenvalue weighted by Crippen LogP contribution is 2.33. The topological polar surface area (TPSA) is 107 Å². The van der Waals surface area contributed by atoms with Crippen molar-refractivity contribution in [2.45, 2.75) is 43.0 Å². The Morgan fingerprint density at radius 2 is 1.64 bits per heavy atom. The summed E-state index contributed by atoms with van der Waals surface area (Å²) in [5.74, 6) is 1.53. The first-order valence-electron chi connectivity index (χ1n) is 12.8. The normalized spacial score (nSPS) is 14.3. The van der Waals surface area contributed by atoms with Crippen molar-refractivity contribution in [1.82, 2.24) is 9.73 Å². The van der Waals surface area contributed by atoms with E-state index in [4.69, 9.17) is 14.2 Å². The molecule has 0 radical (unpaired) electrons. The molecule has 4 rings (SSSR count). The predicted molar refractivity (Wildman–Crippen MR) is 149 cm³/mol. The molecule has 9 nitrogen and oxygen atoms in total. The second-order valence-electron chi connectivity index (χ2n) is 9.14. The van der Waals surface area contributed by atoms with Crippen LogP contribution in [0.1, 0.15) is 37.7 Å². The molecule has 3 aromatic carbocycles. The van der Waals surface area contributed by atoms with Crippen molar-refractivity contribution in [2.24, 2.45) is 5.10 Å². The largest absolute Gasteiger partial charge is 0.493 e. The number of carbonyl (C=O) groups is 1. The molecular weight excluding hydrogens is 518 g/mol. The van der Waals surface area contributed by atoms with Crippen LogP contribution in [-0.2, 0) is 14.8 Å². The van der Waals surface area contributed by atoms with E-state index in [0.29, 0.717) is 41.4 Å². The zero-order valence-corrected chi connectivity index (χ0v) is 22.9. The minimum Gasteiger partial charge on any atom is -0.493 e. The van der Waals surface area contributed by atoms with Gasteiger partial charge in [-0.2, -0.15) is 9.41 Å². The van der Waals surface area contributed by atoms with Crippen molar-refractivity contribution in [3.8, 4) is 23.0 Å². The molecule has 0 aromatic heterocycles. The summed E-state index contributed by atoms with van der Waals surface area (Å²) in [6.45, 7) is -0.351. The Bertz CT molecular complexity index is 1390. The van der Waals surface area contributed by atoms with Crippen LogP contribution in [0.15, 0.2) is 82.8 Å². The number of nitrogens with one attached hydrogen (secondary N) is 1. The third-order valence-corrected chi connectivity index (χ3v) is 8.38. The molecule has 1 fully saturated rings. The van der Waals surface area contributed by atoms with Crippen molar-refractivity contribution in [3.63, 3.8) is 0 Å². The van der Waals surface area contributed by atoms with E-state index in [0.717, 1.165) is 19.3 Å². The first-order chi connectivity index (χ1) is 18.9. The standard InChI is InChI=1S/C29H33N3O6S/c1-36-27-17-16-26(19-28(27)37-2)39(34,35)32(23-11-5-3-6-12-23)21-29(33)31-30-20-22-10-9-15-25(18-22)38-24-13-7-4-8-14-24/h4,7-10,13-20,23H,3,5-6,11-12,21H2,1-2H3,(H,31,33)/b30-20-. The number of carbonyl (C=O) groups excluding carboxylic acids is 1. The van der Waals surface area contributed by atoms with Gasteiger partial charge in [-0.3, -0.25) is 4.79 Å². The third-order valence-electron chi connectivity index (χ3n) is 6.48. The minimum absolute atomic E-state index is 0.0391. The lowest BCUT2D eigenvalue weighted by Gasteiger charge is -2.32. The van der Waals surface area contributed by atoms with E-state index in [1.54, 1.807) is 12.1 Å². The maximum Gasteiger partial charge on any atom is 0.255 e. The number of hydrogen-bond donors (Lipinski definition) is 1. The number of hydrazone groups is 1. The maximum absolute atomic E-state index is 13.7. The summed E-state index contributed by atoms with van der Waals surface area (Å²) >= 11 is 0. The Morgan fingerprint density at radius 1 is 0.923 bits per heavy atom. The molecule has 0 atom stereocenters. The summed E-state index contributed by atoms with van der Waals surface area (Å²) in [4.78, 5) is 12.9. The van der Waals surface area contributed by atoms with Gasteiger partial charge in [-0.05, 0) is 54.8 Å². The zero-order chi connectivity index (χ0) is 27.7. The van der Waals surface area contributed by atoms with Gasteiger partial charge in [0.2, 0.25) is 10.0 Å². The monoisotopic (exact) mass is 551 g/mol. The van der Waals surface area contributed by atoms with Gasteiger partial charge in [-0.1, -0.05) is 49.6 Å². The molecule has 1 saturated carbocycles. The Kier molecular flexibility index (Phi) is 9.56. The van der Waals surface area contributed by atoms with E-state index >= 15 is 0 Å². The molecule has 206 valence electrons. The van der Waals surface area contributed by atoms with E-state index in [1.807, 2.05) is 48.5 Å². The maximum atomic E-state index is 13.7. The number of benzene rings is 3. The van der Waals surface area contributed by atoms with Gasteiger partial charge < -0.3 is 14.2 Å². The lowest BCUT2D eigenvalue weighted by atomic mass is 9.95. The average Bonchev–Trinajstić information content (AvgIpc) is 2.96. The van der Waals surface area contributed by atoms with E-state index < -0.39 is 15.9 Å². The summed E-state index contributed by atoms with van der Waals surface area (Å²) in [7, 11) is -1.07. The number of amides is 1. The Labute approximate surface area is 229 Å². The molecule has 3 aromatic rings. The van der Waals surface area contributed by atoms with Gasteiger partial charge in [0.25, 0.3) is 5.91 Å². The third kappa shape index (κ3) is 7.36. The van der Waals surface area contributed by atoms with E-state index in [-0.39, 0.29) is 17.5 Å². The molecular formula is C29H33N3O6S. The lowest BCUT2D eigenvalue weighted by Crippen LogP contribution is -2.46. The predicted octanol–water partition coefficient (Wildman–Crippen LogP) is 4.97. The van der Waals surface area contributed by atoms with Gasteiger partial charge in [0.1, 0.15) is 11.5 Å². The van der Waals surface area contributed by atoms with E-state index in [1.165, 1.54) is 36.9 Å². The van der Waals surface area contributed by atoms with E-state index in [2.05, 4.69) is 10.5 Å². The van der Waals surface area contributed by atoms with Crippen LogP contribution in [0.3, 0.4) is 0 Å². The minimum atomic E-state index is -4.00. The molecule has 0 spiro atoms. The molecule has 1 aliphatic rings.